The van der Waals surface area contributed by atoms with Gasteiger partial charge in [0.05, 0.1) is 19.8 Å². The molecule has 4 heterocycles. The maximum atomic E-state index is 13.0. The van der Waals surface area contributed by atoms with Crippen molar-refractivity contribution in [1.29, 1.82) is 0 Å². The lowest BCUT2D eigenvalue weighted by Crippen LogP contribution is -2.65. The van der Waals surface area contributed by atoms with Gasteiger partial charge in [-0.25, -0.2) is 0 Å². The minimum atomic E-state index is -1.90. The highest BCUT2D eigenvalue weighted by atomic mass is 16.7. The number of phenolic OH excluding ortho intramolecular Hbond substituents is 1. The lowest BCUT2D eigenvalue weighted by atomic mass is 9.97. The van der Waals surface area contributed by atoms with Crippen LogP contribution in [0.25, 0.3) is 22.3 Å². The molecule has 15 atom stereocenters. The molecule has 53 heavy (non-hydrogen) atoms. The molecule has 0 saturated carbocycles. The first-order chi connectivity index (χ1) is 25.3. The molecule has 0 aliphatic carbocycles. The van der Waals surface area contributed by atoms with Crippen LogP contribution in [-0.4, -0.2) is 173 Å². The van der Waals surface area contributed by atoms with Crippen LogP contribution in [0, 0.1) is 0 Å². The highest BCUT2D eigenvalue weighted by molar-refractivity contribution is 5.86. The molecule has 0 spiro atoms. The summed E-state index contributed by atoms with van der Waals surface area (Å²) in [7, 11) is 0. The molecule has 20 nitrogen and oxygen atoms in total. The Morgan fingerprint density at radius 1 is 0.566 bits per heavy atom. The molecule has 3 aliphatic heterocycles. The van der Waals surface area contributed by atoms with Crippen LogP contribution >= 0.6 is 0 Å². The minimum absolute atomic E-state index is 0.0244. The Hall–Kier alpha value is -3.55. The van der Waals surface area contributed by atoms with Gasteiger partial charge in [-0.3, -0.25) is 4.79 Å². The number of hydrogen-bond acceptors (Lipinski definition) is 20. The predicted molar refractivity (Wildman–Crippen MR) is 171 cm³/mol. The first-order valence-electron chi connectivity index (χ1n) is 16.4. The molecule has 3 fully saturated rings. The molecule has 0 amide bonds. The molecule has 20 heteroatoms. The molecule has 3 saturated heterocycles. The number of hydrogen-bond donors (Lipinski definition) is 12. The van der Waals surface area contributed by atoms with E-state index in [0.29, 0.717) is 5.56 Å². The van der Waals surface area contributed by atoms with E-state index in [-0.39, 0.29) is 28.2 Å². The third-order valence-electron chi connectivity index (χ3n) is 9.24. The number of aliphatic hydroxyl groups is 11. The lowest BCUT2D eigenvalue weighted by Gasteiger charge is -2.45. The quantitative estimate of drug-likeness (QED) is 0.0925. The summed E-state index contributed by atoms with van der Waals surface area (Å²) < 4.78 is 39.0. The molecule has 3 aliphatic rings. The molecule has 0 radical (unpaired) electrons. The van der Waals surface area contributed by atoms with E-state index in [9.17, 15) is 66.1 Å². The average Bonchev–Trinajstić information content (AvgIpc) is 3.14. The topological polar surface area (TPSA) is 328 Å². The molecule has 2 aromatic carbocycles. The molecule has 0 bridgehead atoms. The Balaban J connectivity index is 1.17. The van der Waals surface area contributed by atoms with Crippen LogP contribution in [0.15, 0.2) is 51.7 Å². The van der Waals surface area contributed by atoms with Crippen LogP contribution in [0.1, 0.15) is 0 Å². The second kappa shape index (κ2) is 16.0. The number of fused-ring (bicyclic) bond motifs is 1. The Labute approximate surface area is 298 Å². The van der Waals surface area contributed by atoms with Crippen LogP contribution in [0.5, 0.6) is 17.2 Å². The maximum absolute atomic E-state index is 13.0. The van der Waals surface area contributed by atoms with Crippen molar-refractivity contribution in [2.75, 3.05) is 19.8 Å². The van der Waals surface area contributed by atoms with Crippen molar-refractivity contribution in [3.05, 3.63) is 52.7 Å². The fourth-order valence-corrected chi connectivity index (χ4v) is 6.24. The standard InChI is InChI=1S/C33H40O20/c34-8-18-22(39)24(41)27(44)31(50-18)47-12-3-1-11(2-4-12)16-7-15(38)21-14(37)5-13(6-17(21)49-16)48-32-29(46)26(43)30(20(10-36)52-32)53-33-28(45)25(42)23(40)19(9-35)51-33/h1-7,18-20,22-37,39-46H,8-10H2/t18-,19-,20-,22-,23-,24+,25+,26-,27-,28-,29-,30-,31-,32-,33+/m1/s1. The number of aliphatic hydroxyl groups excluding tert-OH is 11. The number of rotatable bonds is 10. The highest BCUT2D eigenvalue weighted by Gasteiger charge is 2.51. The molecule has 12 N–H and O–H groups in total. The van der Waals surface area contributed by atoms with E-state index in [2.05, 4.69) is 0 Å². The summed E-state index contributed by atoms with van der Waals surface area (Å²) in [5, 5.41) is 122. The number of ether oxygens (including phenoxy) is 6. The van der Waals surface area contributed by atoms with Gasteiger partial charge in [0.1, 0.15) is 107 Å². The van der Waals surface area contributed by atoms with Gasteiger partial charge in [-0.15, -0.1) is 0 Å². The molecule has 292 valence electrons. The Morgan fingerprint density at radius 3 is 1.66 bits per heavy atom. The fraction of sp³-hybridized carbons (Fsp3) is 0.545. The normalized spacial score (nSPS) is 37.8. The zero-order chi connectivity index (χ0) is 38.3. The van der Waals surface area contributed by atoms with Crippen LogP contribution < -0.4 is 14.9 Å². The van der Waals surface area contributed by atoms with Gasteiger partial charge in [0.25, 0.3) is 0 Å². The van der Waals surface area contributed by atoms with Gasteiger partial charge in [0.15, 0.2) is 11.7 Å². The van der Waals surface area contributed by atoms with Crippen molar-refractivity contribution >= 4 is 11.0 Å². The second-order valence-electron chi connectivity index (χ2n) is 12.8. The van der Waals surface area contributed by atoms with Crippen molar-refractivity contribution in [3.63, 3.8) is 0 Å². The van der Waals surface area contributed by atoms with E-state index < -0.39 is 123 Å². The first-order valence-corrected chi connectivity index (χ1v) is 16.4. The van der Waals surface area contributed by atoms with Crippen molar-refractivity contribution < 1.29 is 94.1 Å². The van der Waals surface area contributed by atoms with Gasteiger partial charge in [0.2, 0.25) is 12.6 Å². The third kappa shape index (κ3) is 7.71. The van der Waals surface area contributed by atoms with Crippen LogP contribution in [0.3, 0.4) is 0 Å². The van der Waals surface area contributed by atoms with Crippen LogP contribution in [-0.2, 0) is 18.9 Å². The summed E-state index contributed by atoms with van der Waals surface area (Å²) in [6.07, 6.45) is -24.4. The molecule has 0 unspecified atom stereocenters. The summed E-state index contributed by atoms with van der Waals surface area (Å²) in [5.74, 6) is -0.615. The van der Waals surface area contributed by atoms with Gasteiger partial charge >= 0.3 is 0 Å². The van der Waals surface area contributed by atoms with Crippen LogP contribution in [0.2, 0.25) is 0 Å². The summed E-state index contributed by atoms with van der Waals surface area (Å²) >= 11 is 0. The van der Waals surface area contributed by atoms with E-state index in [1.165, 1.54) is 30.3 Å². The Bertz CT molecular complexity index is 1750. The molecular weight excluding hydrogens is 716 g/mol. The first kappa shape index (κ1) is 39.2. The monoisotopic (exact) mass is 756 g/mol. The zero-order valence-electron chi connectivity index (χ0n) is 27.5. The summed E-state index contributed by atoms with van der Waals surface area (Å²) in [4.78, 5) is 13.0. The van der Waals surface area contributed by atoms with Crippen molar-refractivity contribution in [2.45, 2.75) is 92.1 Å². The third-order valence-corrected chi connectivity index (χ3v) is 9.24. The van der Waals surface area contributed by atoms with E-state index >= 15 is 0 Å². The average molecular weight is 757 g/mol. The van der Waals surface area contributed by atoms with Gasteiger partial charge in [-0.05, 0) is 24.3 Å². The molecule has 6 rings (SSSR count). The van der Waals surface area contributed by atoms with E-state index in [1.807, 2.05) is 0 Å². The van der Waals surface area contributed by atoms with Crippen molar-refractivity contribution in [1.82, 2.24) is 0 Å². The lowest BCUT2D eigenvalue weighted by molar-refractivity contribution is -0.352. The maximum Gasteiger partial charge on any atom is 0.229 e. The summed E-state index contributed by atoms with van der Waals surface area (Å²) in [6.45, 7) is -2.22. The SMILES string of the molecule is O=c1cc(-c2ccc(O[C@@H]3O[C@H](CO)[C@@H](O)[C@H](O)[C@H]3O)cc2)oc2cc(O[C@@H]3O[C@H](CO)[C@@H](O[C@@H]4O[C@H](CO)[C@@H](O)[C@H](O)[C@H]4O)[C@H](O)[C@H]3O)cc(O)c12. The zero-order valence-corrected chi connectivity index (χ0v) is 27.5. The van der Waals surface area contributed by atoms with Crippen molar-refractivity contribution in [3.8, 4) is 28.6 Å². The Morgan fingerprint density at radius 2 is 1.08 bits per heavy atom. The number of aromatic hydroxyl groups is 1. The summed E-state index contributed by atoms with van der Waals surface area (Å²) in [5.41, 5.74) is -0.469. The molecule has 1 aromatic heterocycles. The van der Waals surface area contributed by atoms with Crippen molar-refractivity contribution in [2.24, 2.45) is 0 Å². The number of benzene rings is 2. The number of phenols is 1. The van der Waals surface area contributed by atoms with Gasteiger partial charge in [0, 0.05) is 23.8 Å². The van der Waals surface area contributed by atoms with Gasteiger partial charge in [-0.1, -0.05) is 0 Å². The van der Waals surface area contributed by atoms with E-state index in [4.69, 9.17) is 32.8 Å². The largest absolute Gasteiger partial charge is 0.507 e. The fourth-order valence-electron chi connectivity index (χ4n) is 6.24. The predicted octanol–water partition coefficient (Wildman–Crippen LogP) is -4.65. The minimum Gasteiger partial charge on any atom is -0.507 e. The summed E-state index contributed by atoms with van der Waals surface area (Å²) in [6, 6.07) is 9.15. The second-order valence-corrected chi connectivity index (χ2v) is 12.8. The smallest absolute Gasteiger partial charge is 0.229 e. The molecular formula is C33H40O20. The van der Waals surface area contributed by atoms with E-state index in [1.54, 1.807) is 0 Å². The molecule has 3 aromatic rings. The Kier molecular flexibility index (Phi) is 11.9. The van der Waals surface area contributed by atoms with Gasteiger partial charge < -0.3 is 94.1 Å². The van der Waals surface area contributed by atoms with E-state index in [0.717, 1.165) is 12.1 Å². The highest BCUT2D eigenvalue weighted by Crippen LogP contribution is 2.35. The van der Waals surface area contributed by atoms with Gasteiger partial charge in [-0.2, -0.15) is 0 Å². The van der Waals surface area contributed by atoms with Crippen LogP contribution in [0.4, 0.5) is 0 Å².